The quantitative estimate of drug-likeness (QED) is 0.430. The first-order chi connectivity index (χ1) is 8.65. The van der Waals surface area contributed by atoms with E-state index < -0.39 is 0 Å². The summed E-state index contributed by atoms with van der Waals surface area (Å²) < 4.78 is 11.1. The van der Waals surface area contributed by atoms with Gasteiger partial charge >= 0.3 is 0 Å². The van der Waals surface area contributed by atoms with Crippen LogP contribution >= 0.6 is 24.0 Å². The minimum absolute atomic E-state index is 0. The van der Waals surface area contributed by atoms with Gasteiger partial charge in [-0.15, -0.1) is 24.0 Å². The number of aliphatic imine (C=N–C) groups is 1. The van der Waals surface area contributed by atoms with Crippen LogP contribution in [0.1, 0.15) is 33.1 Å². The van der Waals surface area contributed by atoms with E-state index in [9.17, 15) is 0 Å². The molecule has 1 saturated heterocycles. The molecule has 1 fully saturated rings. The van der Waals surface area contributed by atoms with Gasteiger partial charge in [-0.05, 0) is 13.3 Å². The second-order valence-corrected chi connectivity index (χ2v) is 4.88. The zero-order valence-electron chi connectivity index (χ0n) is 12.5. The molecule has 5 nitrogen and oxygen atoms in total. The van der Waals surface area contributed by atoms with Crippen molar-refractivity contribution < 1.29 is 9.47 Å². The Morgan fingerprint density at radius 3 is 2.53 bits per heavy atom. The highest BCUT2D eigenvalue weighted by molar-refractivity contribution is 14.0. The number of guanidine groups is 1. The Bertz CT molecular complexity index is 269. The number of nitrogens with zero attached hydrogens (tertiary/aromatic N) is 1. The zero-order chi connectivity index (χ0) is 13.4. The molecule has 0 aromatic rings. The minimum atomic E-state index is -0.120. The number of rotatable bonds is 5. The van der Waals surface area contributed by atoms with E-state index >= 15 is 0 Å². The van der Waals surface area contributed by atoms with Gasteiger partial charge in [0.2, 0.25) is 0 Å². The lowest BCUT2D eigenvalue weighted by Gasteiger charge is -2.36. The van der Waals surface area contributed by atoms with Crippen molar-refractivity contribution in [2.75, 3.05) is 33.9 Å². The van der Waals surface area contributed by atoms with Crippen LogP contribution in [0.15, 0.2) is 4.99 Å². The fourth-order valence-electron chi connectivity index (χ4n) is 1.97. The number of hydrogen-bond acceptors (Lipinski definition) is 3. The molecule has 0 aliphatic carbocycles. The molecule has 0 aromatic heterocycles. The van der Waals surface area contributed by atoms with Crippen LogP contribution < -0.4 is 10.6 Å². The maximum atomic E-state index is 5.68. The average molecular weight is 385 g/mol. The van der Waals surface area contributed by atoms with Crippen molar-refractivity contribution in [1.82, 2.24) is 10.6 Å². The molecule has 114 valence electrons. The van der Waals surface area contributed by atoms with Crippen LogP contribution in [-0.2, 0) is 9.47 Å². The summed E-state index contributed by atoms with van der Waals surface area (Å²) in [5.74, 6) is 0.840. The number of halogens is 1. The summed E-state index contributed by atoms with van der Waals surface area (Å²) in [6.07, 6.45) is 2.93. The Morgan fingerprint density at radius 2 is 2.05 bits per heavy atom. The van der Waals surface area contributed by atoms with Gasteiger partial charge in [0.05, 0.1) is 5.60 Å². The van der Waals surface area contributed by atoms with Crippen LogP contribution in [0.5, 0.6) is 0 Å². The third-order valence-electron chi connectivity index (χ3n) is 3.63. The molecular weight excluding hydrogens is 357 g/mol. The lowest BCUT2D eigenvalue weighted by atomic mass is 9.94. The smallest absolute Gasteiger partial charge is 0.191 e. The molecule has 0 spiro atoms. The van der Waals surface area contributed by atoms with E-state index in [1.54, 1.807) is 14.2 Å². The van der Waals surface area contributed by atoms with E-state index in [0.29, 0.717) is 6.04 Å². The fraction of sp³-hybridized carbons (Fsp3) is 0.923. The SMILES string of the molecule is CCC(C)NC(=NC)NCC1(OC)CCOCC1.I. The highest BCUT2D eigenvalue weighted by atomic mass is 127. The molecule has 0 aromatic carbocycles. The number of methoxy groups -OCH3 is 1. The normalized spacial score (nSPS) is 20.3. The zero-order valence-corrected chi connectivity index (χ0v) is 14.8. The van der Waals surface area contributed by atoms with Crippen LogP contribution in [0.2, 0.25) is 0 Å². The fourth-order valence-corrected chi connectivity index (χ4v) is 1.97. The number of hydrogen-bond donors (Lipinski definition) is 2. The average Bonchev–Trinajstić information content (AvgIpc) is 2.44. The molecule has 6 heteroatoms. The Morgan fingerprint density at radius 1 is 1.42 bits per heavy atom. The second kappa shape index (κ2) is 9.77. The first-order valence-corrected chi connectivity index (χ1v) is 6.76. The monoisotopic (exact) mass is 385 g/mol. The van der Waals surface area contributed by atoms with Crippen molar-refractivity contribution in [2.24, 2.45) is 4.99 Å². The van der Waals surface area contributed by atoms with Crippen LogP contribution in [0.3, 0.4) is 0 Å². The molecule has 1 unspecified atom stereocenters. The van der Waals surface area contributed by atoms with E-state index in [0.717, 1.165) is 45.0 Å². The van der Waals surface area contributed by atoms with E-state index in [-0.39, 0.29) is 29.6 Å². The van der Waals surface area contributed by atoms with Crippen LogP contribution in [-0.4, -0.2) is 51.5 Å². The Labute approximate surface area is 133 Å². The van der Waals surface area contributed by atoms with Gasteiger partial charge in [-0.2, -0.15) is 0 Å². The molecule has 1 aliphatic heterocycles. The van der Waals surface area contributed by atoms with Gasteiger partial charge in [0.1, 0.15) is 0 Å². The molecule has 1 heterocycles. The van der Waals surface area contributed by atoms with E-state index in [2.05, 4.69) is 29.5 Å². The van der Waals surface area contributed by atoms with Gasteiger partial charge in [0.25, 0.3) is 0 Å². The van der Waals surface area contributed by atoms with Gasteiger partial charge < -0.3 is 20.1 Å². The Hall–Kier alpha value is -0.0800. The van der Waals surface area contributed by atoms with E-state index in [4.69, 9.17) is 9.47 Å². The van der Waals surface area contributed by atoms with Crippen molar-refractivity contribution in [2.45, 2.75) is 44.8 Å². The summed E-state index contributed by atoms with van der Waals surface area (Å²) in [4.78, 5) is 4.23. The highest BCUT2D eigenvalue weighted by Crippen LogP contribution is 2.23. The standard InChI is InChI=1S/C13H27N3O2.HI/c1-5-11(2)16-12(14-3)15-10-13(17-4)6-8-18-9-7-13;/h11H,5-10H2,1-4H3,(H2,14,15,16);1H. The first-order valence-electron chi connectivity index (χ1n) is 6.76. The van der Waals surface area contributed by atoms with Crippen molar-refractivity contribution >= 4 is 29.9 Å². The number of nitrogens with one attached hydrogen (secondary N) is 2. The first kappa shape index (κ1) is 18.9. The molecule has 1 aliphatic rings. The summed E-state index contributed by atoms with van der Waals surface area (Å²) in [6, 6.07) is 0.421. The topological polar surface area (TPSA) is 54.9 Å². The highest BCUT2D eigenvalue weighted by Gasteiger charge is 2.32. The summed E-state index contributed by atoms with van der Waals surface area (Å²) >= 11 is 0. The third-order valence-corrected chi connectivity index (χ3v) is 3.63. The molecule has 19 heavy (non-hydrogen) atoms. The van der Waals surface area contributed by atoms with Gasteiger partial charge in [0.15, 0.2) is 5.96 Å². The van der Waals surface area contributed by atoms with Gasteiger partial charge in [-0.25, -0.2) is 0 Å². The largest absolute Gasteiger partial charge is 0.381 e. The van der Waals surface area contributed by atoms with Crippen LogP contribution in [0, 0.1) is 0 Å². The molecular formula is C13H28IN3O2. The van der Waals surface area contributed by atoms with Gasteiger partial charge in [-0.3, -0.25) is 4.99 Å². The van der Waals surface area contributed by atoms with Crippen molar-refractivity contribution in [3.8, 4) is 0 Å². The van der Waals surface area contributed by atoms with Crippen molar-refractivity contribution in [3.05, 3.63) is 0 Å². The van der Waals surface area contributed by atoms with Crippen molar-refractivity contribution in [3.63, 3.8) is 0 Å². The lowest BCUT2D eigenvalue weighted by molar-refractivity contribution is -0.0855. The third kappa shape index (κ3) is 6.27. The molecule has 0 radical (unpaired) electrons. The van der Waals surface area contributed by atoms with Crippen LogP contribution in [0.4, 0.5) is 0 Å². The van der Waals surface area contributed by atoms with Gasteiger partial charge in [0, 0.05) is 52.8 Å². The summed E-state index contributed by atoms with van der Waals surface area (Å²) in [5.41, 5.74) is -0.120. The maximum absolute atomic E-state index is 5.68. The van der Waals surface area contributed by atoms with E-state index in [1.165, 1.54) is 0 Å². The summed E-state index contributed by atoms with van der Waals surface area (Å²) in [6.45, 7) is 6.61. The van der Waals surface area contributed by atoms with Crippen LogP contribution in [0.25, 0.3) is 0 Å². The minimum Gasteiger partial charge on any atom is -0.381 e. The molecule has 1 atom stereocenters. The lowest BCUT2D eigenvalue weighted by Crippen LogP contribution is -2.51. The Kier molecular flexibility index (Phi) is 9.72. The maximum Gasteiger partial charge on any atom is 0.191 e. The predicted octanol–water partition coefficient (Wildman–Crippen LogP) is 1.76. The molecule has 0 bridgehead atoms. The van der Waals surface area contributed by atoms with E-state index in [1.807, 2.05) is 0 Å². The molecule has 1 rings (SSSR count). The molecule has 0 saturated carbocycles. The molecule has 2 N–H and O–H groups in total. The van der Waals surface area contributed by atoms with Gasteiger partial charge in [-0.1, -0.05) is 6.92 Å². The molecule has 0 amide bonds. The second-order valence-electron chi connectivity index (χ2n) is 4.88. The summed E-state index contributed by atoms with van der Waals surface area (Å²) in [7, 11) is 3.57. The Balaban J connectivity index is 0.00000324. The summed E-state index contributed by atoms with van der Waals surface area (Å²) in [5, 5.41) is 6.70. The number of ether oxygens (including phenoxy) is 2. The van der Waals surface area contributed by atoms with Crippen molar-refractivity contribution in [1.29, 1.82) is 0 Å². The predicted molar refractivity (Wildman–Crippen MR) is 89.5 cm³/mol.